The minimum absolute atomic E-state index is 0.0156. The van der Waals surface area contributed by atoms with E-state index in [1.54, 1.807) is 0 Å². The number of aryl methyl sites for hydroxylation is 1. The van der Waals surface area contributed by atoms with E-state index in [-0.39, 0.29) is 6.61 Å². The van der Waals surface area contributed by atoms with Crippen LogP contribution in [0.4, 0.5) is 0 Å². The Morgan fingerprint density at radius 2 is 1.90 bits per heavy atom. The molecule has 0 aliphatic heterocycles. The predicted molar refractivity (Wildman–Crippen MR) is 87.7 cm³/mol. The highest BCUT2D eigenvalue weighted by atomic mass is 16.5. The summed E-state index contributed by atoms with van der Waals surface area (Å²) in [6.45, 7) is 3.73. The van der Waals surface area contributed by atoms with Gasteiger partial charge in [-0.3, -0.25) is 0 Å². The van der Waals surface area contributed by atoms with Gasteiger partial charge in [0.15, 0.2) is 0 Å². The van der Waals surface area contributed by atoms with E-state index in [1.165, 1.54) is 18.4 Å². The van der Waals surface area contributed by atoms with Crippen molar-refractivity contribution < 1.29 is 9.84 Å². The Kier molecular flexibility index (Phi) is 8.35. The third-order valence-corrected chi connectivity index (χ3v) is 3.61. The van der Waals surface area contributed by atoms with Crippen LogP contribution < -0.4 is 15.8 Å². The molecular formula is C17H30N2O2. The highest BCUT2D eigenvalue weighted by Gasteiger charge is 2.16. The second-order valence-corrected chi connectivity index (χ2v) is 5.97. The maximum atomic E-state index is 9.14. The predicted octanol–water partition coefficient (Wildman–Crippen LogP) is 2.10. The second kappa shape index (κ2) is 9.77. The molecule has 0 radical (unpaired) electrons. The molecule has 4 heteroatoms. The molecule has 0 aliphatic carbocycles. The van der Waals surface area contributed by atoms with E-state index in [9.17, 15) is 0 Å². The van der Waals surface area contributed by atoms with E-state index in [1.807, 2.05) is 26.1 Å². The molecule has 120 valence electrons. The van der Waals surface area contributed by atoms with Crippen molar-refractivity contribution in [2.45, 2.75) is 44.6 Å². The van der Waals surface area contributed by atoms with Crippen molar-refractivity contribution in [3.63, 3.8) is 0 Å². The first-order valence-electron chi connectivity index (χ1n) is 7.83. The summed E-state index contributed by atoms with van der Waals surface area (Å²) in [6.07, 6.45) is 5.12. The van der Waals surface area contributed by atoms with Gasteiger partial charge in [-0.25, -0.2) is 0 Å². The zero-order chi connectivity index (χ0) is 15.6. The van der Waals surface area contributed by atoms with Crippen molar-refractivity contribution >= 4 is 0 Å². The molecule has 4 N–H and O–H groups in total. The summed E-state index contributed by atoms with van der Waals surface area (Å²) in [5.74, 6) is 0.921. The number of rotatable bonds is 11. The lowest BCUT2D eigenvalue weighted by Crippen LogP contribution is -2.40. The van der Waals surface area contributed by atoms with Crippen molar-refractivity contribution in [1.29, 1.82) is 0 Å². The monoisotopic (exact) mass is 294 g/mol. The largest absolute Gasteiger partial charge is 0.494 e. The molecule has 0 saturated carbocycles. The average molecular weight is 294 g/mol. The Morgan fingerprint density at radius 3 is 2.52 bits per heavy atom. The number of hydrogen-bond acceptors (Lipinski definition) is 4. The summed E-state index contributed by atoms with van der Waals surface area (Å²) >= 11 is 0. The summed E-state index contributed by atoms with van der Waals surface area (Å²) in [6, 6.07) is 8.17. The molecule has 0 saturated heterocycles. The minimum atomic E-state index is -0.498. The van der Waals surface area contributed by atoms with Gasteiger partial charge in [0.2, 0.25) is 0 Å². The summed E-state index contributed by atoms with van der Waals surface area (Å²) in [5, 5.41) is 12.3. The molecular weight excluding hydrogens is 264 g/mol. The quantitative estimate of drug-likeness (QED) is 0.547. The highest BCUT2D eigenvalue weighted by Crippen LogP contribution is 2.16. The minimum Gasteiger partial charge on any atom is -0.494 e. The number of hydrogen-bond donors (Lipinski definition) is 3. The summed E-state index contributed by atoms with van der Waals surface area (Å²) in [5.41, 5.74) is 6.66. The number of aliphatic hydroxyl groups is 1. The average Bonchev–Trinajstić information content (AvgIpc) is 2.50. The Hall–Kier alpha value is -1.10. The van der Waals surface area contributed by atoms with Gasteiger partial charge in [0.1, 0.15) is 5.75 Å². The third kappa shape index (κ3) is 8.05. The fourth-order valence-electron chi connectivity index (χ4n) is 2.03. The van der Waals surface area contributed by atoms with E-state index >= 15 is 0 Å². The van der Waals surface area contributed by atoms with Crippen LogP contribution in [0.25, 0.3) is 0 Å². The lowest BCUT2D eigenvalue weighted by Gasteiger charge is -2.21. The van der Waals surface area contributed by atoms with Crippen molar-refractivity contribution in [3.8, 4) is 5.75 Å². The number of nitrogens with two attached hydrogens (primary N) is 1. The number of nitrogens with one attached hydrogen (secondary N) is 1. The zero-order valence-corrected chi connectivity index (χ0v) is 13.4. The van der Waals surface area contributed by atoms with E-state index in [4.69, 9.17) is 15.6 Å². The van der Waals surface area contributed by atoms with Crippen LogP contribution in [0.1, 0.15) is 38.2 Å². The Balaban J connectivity index is 2.24. The number of aliphatic hydroxyl groups excluding tert-OH is 1. The van der Waals surface area contributed by atoms with E-state index in [2.05, 4.69) is 17.4 Å². The van der Waals surface area contributed by atoms with Gasteiger partial charge in [-0.15, -0.1) is 0 Å². The van der Waals surface area contributed by atoms with Crippen LogP contribution in [0.15, 0.2) is 24.3 Å². The first-order valence-corrected chi connectivity index (χ1v) is 7.83. The molecule has 0 bridgehead atoms. The van der Waals surface area contributed by atoms with Gasteiger partial charge in [-0.2, -0.15) is 0 Å². The molecule has 4 nitrogen and oxygen atoms in total. The Labute approximate surface area is 128 Å². The first kappa shape index (κ1) is 18.0. The van der Waals surface area contributed by atoms with Crippen LogP contribution in [0.5, 0.6) is 5.75 Å². The van der Waals surface area contributed by atoms with Crippen molar-refractivity contribution in [1.82, 2.24) is 5.32 Å². The molecule has 1 unspecified atom stereocenters. The molecule has 0 aromatic heterocycles. The van der Waals surface area contributed by atoms with Gasteiger partial charge in [-0.1, -0.05) is 12.1 Å². The smallest absolute Gasteiger partial charge is 0.119 e. The van der Waals surface area contributed by atoms with Crippen LogP contribution in [-0.2, 0) is 6.42 Å². The molecule has 21 heavy (non-hydrogen) atoms. The number of benzene rings is 1. The van der Waals surface area contributed by atoms with Crippen LogP contribution in [0, 0.1) is 0 Å². The van der Waals surface area contributed by atoms with Crippen LogP contribution in [0.2, 0.25) is 0 Å². The molecule has 0 amide bonds. The van der Waals surface area contributed by atoms with Gasteiger partial charge in [-0.05, 0) is 70.3 Å². The Morgan fingerprint density at radius 1 is 1.19 bits per heavy atom. The van der Waals surface area contributed by atoms with Crippen molar-refractivity contribution in [2.24, 2.45) is 5.73 Å². The fraction of sp³-hybridized carbons (Fsp3) is 0.647. The maximum absolute atomic E-state index is 9.14. The SMILES string of the molecule is CNCCCCCOc1ccc(CCC(C)(N)CO)cc1. The van der Waals surface area contributed by atoms with Gasteiger partial charge < -0.3 is 20.9 Å². The van der Waals surface area contributed by atoms with Gasteiger partial charge >= 0.3 is 0 Å². The molecule has 1 aromatic carbocycles. The van der Waals surface area contributed by atoms with Crippen molar-refractivity contribution in [2.75, 3.05) is 26.8 Å². The molecule has 1 rings (SSSR count). The number of ether oxygens (including phenoxy) is 1. The van der Waals surface area contributed by atoms with Crippen LogP contribution in [-0.4, -0.2) is 37.5 Å². The van der Waals surface area contributed by atoms with E-state index in [0.717, 1.165) is 38.2 Å². The van der Waals surface area contributed by atoms with E-state index in [0.29, 0.717) is 0 Å². The second-order valence-electron chi connectivity index (χ2n) is 5.97. The standard InChI is InChI=1S/C17H30N2O2/c1-17(18,14-20)11-10-15-6-8-16(9-7-15)21-13-5-3-4-12-19-2/h6-9,19-20H,3-5,10-14,18H2,1-2H3. The van der Waals surface area contributed by atoms with Gasteiger partial charge in [0.05, 0.1) is 13.2 Å². The molecule has 0 aliphatic rings. The third-order valence-electron chi connectivity index (χ3n) is 3.61. The summed E-state index contributed by atoms with van der Waals surface area (Å²) in [4.78, 5) is 0. The fourth-order valence-corrected chi connectivity index (χ4v) is 2.03. The van der Waals surface area contributed by atoms with Crippen LogP contribution >= 0.6 is 0 Å². The zero-order valence-electron chi connectivity index (χ0n) is 13.4. The van der Waals surface area contributed by atoms with Crippen LogP contribution in [0.3, 0.4) is 0 Å². The first-order chi connectivity index (χ1) is 10.1. The van der Waals surface area contributed by atoms with Gasteiger partial charge in [0.25, 0.3) is 0 Å². The molecule has 1 atom stereocenters. The van der Waals surface area contributed by atoms with Crippen molar-refractivity contribution in [3.05, 3.63) is 29.8 Å². The maximum Gasteiger partial charge on any atom is 0.119 e. The lowest BCUT2D eigenvalue weighted by molar-refractivity contribution is 0.200. The molecule has 1 aromatic rings. The lowest BCUT2D eigenvalue weighted by atomic mass is 9.95. The summed E-state index contributed by atoms with van der Waals surface area (Å²) < 4.78 is 5.72. The molecule has 0 spiro atoms. The number of unbranched alkanes of at least 4 members (excludes halogenated alkanes) is 2. The topological polar surface area (TPSA) is 67.5 Å². The summed E-state index contributed by atoms with van der Waals surface area (Å²) in [7, 11) is 1.98. The molecule has 0 fully saturated rings. The van der Waals surface area contributed by atoms with E-state index < -0.39 is 5.54 Å². The highest BCUT2D eigenvalue weighted by molar-refractivity contribution is 5.27. The molecule has 0 heterocycles. The normalized spacial score (nSPS) is 13.9. The Bertz CT molecular complexity index is 377. The van der Waals surface area contributed by atoms with Gasteiger partial charge in [0, 0.05) is 5.54 Å².